The van der Waals surface area contributed by atoms with Gasteiger partial charge in [0.1, 0.15) is 42.7 Å². The summed E-state index contributed by atoms with van der Waals surface area (Å²) in [6.07, 6.45) is -16.1. The van der Waals surface area contributed by atoms with Crippen LogP contribution in [-0.2, 0) is 57.1 Å². The minimum Gasteiger partial charge on any atom is -0.469 e. The average Bonchev–Trinajstić information content (AvgIpc) is 3.36. The number of rotatable bonds is 12. The van der Waals surface area contributed by atoms with Gasteiger partial charge in [0.25, 0.3) is 0 Å². The van der Waals surface area contributed by atoms with Crippen molar-refractivity contribution in [2.75, 3.05) is 27.4 Å². The molecule has 6 fully saturated rings. The van der Waals surface area contributed by atoms with Crippen LogP contribution in [-0.4, -0.2) is 178 Å². The lowest BCUT2D eigenvalue weighted by atomic mass is 9.32. The first-order valence-corrected chi connectivity index (χ1v) is 25.9. The van der Waals surface area contributed by atoms with Crippen molar-refractivity contribution < 1.29 is 97.9 Å². The molecular weight excluding hydrogens is 957 g/mol. The number of aliphatic hydroxyl groups excluding tert-OH is 8. The van der Waals surface area contributed by atoms with Gasteiger partial charge >= 0.3 is 23.9 Å². The SMILES string of the molecule is C/C=C(/C)C(=O)O[C@H]1[C@H](OC(=O)C(C)CC)[C@]2(CO)[C@H](O)[C@H](O)[C@]3(C)C(=CC[C@@H]4[C@@]5(C)CC[C@H](O[C@@H]6O[C@H](C(=O)OC)[C@@H](O)[C@H](O[C@@H]7OC[C@H](O)[C@H](O)[C@H]7O)[C@H]6O)[C@@](C)(C(=O)OC)[C@@H]5CC[C@]43C)[C@@H]2CC1(C)C. The number of hydrogen-bond acceptors (Lipinski definition) is 20. The molecule has 20 heteroatoms. The Labute approximate surface area is 427 Å². The van der Waals surface area contributed by atoms with E-state index >= 15 is 0 Å². The summed E-state index contributed by atoms with van der Waals surface area (Å²) in [6, 6.07) is 0. The van der Waals surface area contributed by atoms with E-state index in [9.17, 15) is 60.0 Å². The lowest BCUT2D eigenvalue weighted by Crippen LogP contribution is -2.76. The van der Waals surface area contributed by atoms with Crippen LogP contribution in [0.5, 0.6) is 0 Å². The normalized spacial score (nSPS) is 47.8. The molecule has 7 rings (SSSR count). The lowest BCUT2D eigenvalue weighted by molar-refractivity contribution is -0.357. The lowest BCUT2D eigenvalue weighted by Gasteiger charge is -2.73. The number of esters is 4. The Bertz CT molecular complexity index is 2150. The molecule has 0 spiro atoms. The van der Waals surface area contributed by atoms with E-state index in [-0.39, 0.29) is 18.8 Å². The van der Waals surface area contributed by atoms with Gasteiger partial charge < -0.3 is 78.7 Å². The van der Waals surface area contributed by atoms with Gasteiger partial charge in [0.2, 0.25) is 0 Å². The fourth-order valence-electron chi connectivity index (χ4n) is 15.0. The Balaban J connectivity index is 1.25. The number of fused-ring (bicyclic) bond motifs is 7. The second kappa shape index (κ2) is 20.7. The minimum atomic E-state index is -1.90. The highest BCUT2D eigenvalue weighted by molar-refractivity contribution is 5.88. The first-order chi connectivity index (χ1) is 34.1. The van der Waals surface area contributed by atoms with Gasteiger partial charge in [-0.1, -0.05) is 66.2 Å². The van der Waals surface area contributed by atoms with E-state index in [0.717, 1.165) is 12.7 Å². The molecule has 2 saturated heterocycles. The number of ether oxygens (including phenoxy) is 8. The van der Waals surface area contributed by atoms with E-state index in [1.165, 1.54) is 7.11 Å². The van der Waals surface area contributed by atoms with Gasteiger partial charge in [-0.05, 0) is 94.3 Å². The number of aliphatic hydroxyl groups is 8. The summed E-state index contributed by atoms with van der Waals surface area (Å²) in [6.45, 7) is 17.4. The van der Waals surface area contributed by atoms with Crippen molar-refractivity contribution in [3.05, 3.63) is 23.3 Å². The maximum atomic E-state index is 14.5. The molecule has 23 atom stereocenters. The third-order valence-electron chi connectivity index (χ3n) is 19.9. The number of methoxy groups -OCH3 is 2. The maximum Gasteiger partial charge on any atom is 0.337 e. The Hall–Kier alpha value is -3.12. The molecule has 4 saturated carbocycles. The van der Waals surface area contributed by atoms with E-state index < -0.39 is 173 Å². The van der Waals surface area contributed by atoms with Crippen LogP contribution in [0.3, 0.4) is 0 Å². The van der Waals surface area contributed by atoms with Crippen LogP contribution in [0.2, 0.25) is 0 Å². The van der Waals surface area contributed by atoms with Crippen molar-refractivity contribution in [3.8, 4) is 0 Å². The van der Waals surface area contributed by atoms with E-state index in [1.807, 2.05) is 27.7 Å². The van der Waals surface area contributed by atoms with Gasteiger partial charge in [-0.25, -0.2) is 9.59 Å². The minimum absolute atomic E-state index is 0.183. The van der Waals surface area contributed by atoms with Crippen LogP contribution < -0.4 is 0 Å². The van der Waals surface area contributed by atoms with Gasteiger partial charge in [-0.2, -0.15) is 0 Å². The van der Waals surface area contributed by atoms with Crippen LogP contribution in [0.15, 0.2) is 23.3 Å². The molecule has 2 aliphatic heterocycles. The predicted octanol–water partition coefficient (Wildman–Crippen LogP) is 1.76. The van der Waals surface area contributed by atoms with E-state index in [0.29, 0.717) is 37.7 Å². The quantitative estimate of drug-likeness (QED) is 0.0454. The molecule has 2 heterocycles. The Morgan fingerprint density at radius 1 is 0.822 bits per heavy atom. The van der Waals surface area contributed by atoms with E-state index in [1.54, 1.807) is 33.8 Å². The Kier molecular flexibility index (Phi) is 16.3. The van der Waals surface area contributed by atoms with Gasteiger partial charge in [-0.15, -0.1) is 0 Å². The van der Waals surface area contributed by atoms with Crippen molar-refractivity contribution in [1.82, 2.24) is 0 Å². The third-order valence-corrected chi connectivity index (χ3v) is 19.9. The van der Waals surface area contributed by atoms with Gasteiger partial charge in [0.15, 0.2) is 24.8 Å². The summed E-state index contributed by atoms with van der Waals surface area (Å²) in [5.74, 6) is -4.85. The van der Waals surface area contributed by atoms with Crippen LogP contribution in [0, 0.1) is 56.2 Å². The zero-order valence-electron chi connectivity index (χ0n) is 44.4. The summed E-state index contributed by atoms with van der Waals surface area (Å²) >= 11 is 0. The van der Waals surface area contributed by atoms with E-state index in [4.69, 9.17) is 37.9 Å². The van der Waals surface area contributed by atoms with Gasteiger partial charge in [-0.3, -0.25) is 9.59 Å². The molecule has 0 aromatic heterocycles. The van der Waals surface area contributed by atoms with Crippen LogP contribution in [0.1, 0.15) is 114 Å². The monoisotopic (exact) mass is 1040 g/mol. The average molecular weight is 1040 g/mol. The molecule has 7 aliphatic rings. The largest absolute Gasteiger partial charge is 0.469 e. The van der Waals surface area contributed by atoms with Gasteiger partial charge in [0, 0.05) is 16.4 Å². The molecule has 20 nitrogen and oxygen atoms in total. The zero-order chi connectivity index (χ0) is 54.3. The molecule has 0 radical (unpaired) electrons. The number of allylic oxidation sites excluding steroid dienone is 2. The van der Waals surface area contributed by atoms with Gasteiger partial charge in [0.05, 0.1) is 62.5 Å². The predicted molar refractivity (Wildman–Crippen MR) is 255 cm³/mol. The number of hydrogen-bond donors (Lipinski definition) is 8. The van der Waals surface area contributed by atoms with Crippen molar-refractivity contribution in [3.63, 3.8) is 0 Å². The standard InChI is InChI=1S/C53H82O20/c1-13-24(3)42(62)72-40-41(73-43(63)25(4)14-2)53(23-54)27(21-48(40,5)6)26-15-16-29-49(7)19-18-31(51(9,47(65)67-12)30(49)17-20-50(29,8)52(26,10)38(60)39(53)61)69-46-35(59)36(34(58)37(71-46)44(64)66-11)70-45-33(57)32(56)28(55)22-68-45/h13,15,25,27-41,45-46,54-61H,14,16-23H2,1-12H3/b24-13-/t25?,27-,28-,29+,30+,31-,32-,33+,34-,35+,36-,37-,38-,39+,40-,41-,45-,46+,49+,50+,51-,52-,53-/m0/s1. The van der Waals surface area contributed by atoms with Crippen molar-refractivity contribution in [2.45, 2.75) is 200 Å². The van der Waals surface area contributed by atoms with Crippen LogP contribution in [0.25, 0.3) is 0 Å². The molecule has 0 bridgehead atoms. The summed E-state index contributed by atoms with van der Waals surface area (Å²) in [4.78, 5) is 55.0. The number of carbonyl (C=O) groups is 4. The van der Waals surface area contributed by atoms with E-state index in [2.05, 4.69) is 19.9 Å². The summed E-state index contributed by atoms with van der Waals surface area (Å²) in [7, 11) is 2.33. The Morgan fingerprint density at radius 2 is 1.49 bits per heavy atom. The molecule has 5 aliphatic carbocycles. The summed E-state index contributed by atoms with van der Waals surface area (Å²) in [5, 5.41) is 91.9. The first-order valence-electron chi connectivity index (χ1n) is 25.9. The second-order valence-corrected chi connectivity index (χ2v) is 23.8. The molecule has 0 aromatic carbocycles. The smallest absolute Gasteiger partial charge is 0.337 e. The molecule has 73 heavy (non-hydrogen) atoms. The second-order valence-electron chi connectivity index (χ2n) is 23.8. The first kappa shape index (κ1) is 57.6. The molecule has 1 unspecified atom stereocenters. The topological polar surface area (TPSA) is 304 Å². The third kappa shape index (κ3) is 8.73. The highest BCUT2D eigenvalue weighted by atomic mass is 16.7. The summed E-state index contributed by atoms with van der Waals surface area (Å²) in [5.41, 5.74) is -5.54. The maximum absolute atomic E-state index is 14.5. The fourth-order valence-corrected chi connectivity index (χ4v) is 15.0. The fraction of sp³-hybridized carbons (Fsp3) is 0.849. The molecule has 0 aromatic rings. The van der Waals surface area contributed by atoms with Crippen molar-refractivity contribution in [1.29, 1.82) is 0 Å². The zero-order valence-corrected chi connectivity index (χ0v) is 44.4. The highest BCUT2D eigenvalue weighted by Gasteiger charge is 2.77. The van der Waals surface area contributed by atoms with Crippen molar-refractivity contribution >= 4 is 23.9 Å². The molecule has 414 valence electrons. The molecular formula is C53H82O20. The molecule has 8 N–H and O–H groups in total. The Morgan fingerprint density at radius 3 is 2.10 bits per heavy atom. The molecule has 0 amide bonds. The van der Waals surface area contributed by atoms with Crippen LogP contribution in [0.4, 0.5) is 0 Å². The summed E-state index contributed by atoms with van der Waals surface area (Å²) < 4.78 is 46.8. The number of carbonyl (C=O) groups excluding carboxylic acids is 4. The van der Waals surface area contributed by atoms with Crippen LogP contribution >= 0.6 is 0 Å². The highest BCUT2D eigenvalue weighted by Crippen LogP contribution is 2.76. The van der Waals surface area contributed by atoms with Crippen molar-refractivity contribution in [2.24, 2.45) is 56.2 Å².